The molecule has 0 atom stereocenters. The Morgan fingerprint density at radius 2 is 2.05 bits per heavy atom. The van der Waals surface area contributed by atoms with Crippen LogP contribution < -0.4 is 5.32 Å². The van der Waals surface area contributed by atoms with E-state index in [-0.39, 0.29) is 5.91 Å². The van der Waals surface area contributed by atoms with Crippen molar-refractivity contribution in [1.29, 1.82) is 0 Å². The number of nitrogens with one attached hydrogen (secondary N) is 1. The molecule has 1 aromatic carbocycles. The lowest BCUT2D eigenvalue weighted by atomic mass is 10.1. The molecule has 0 spiro atoms. The fraction of sp³-hybridized carbons (Fsp3) is 0.533. The molecule has 1 fully saturated rings. The number of rotatable bonds is 8. The highest BCUT2D eigenvalue weighted by Crippen LogP contribution is 2.28. The summed E-state index contributed by atoms with van der Waals surface area (Å²) in [7, 11) is 0. The van der Waals surface area contributed by atoms with Crippen molar-refractivity contribution in [3.63, 3.8) is 0 Å². The Kier molecular flexibility index (Phi) is 5.86. The minimum Gasteiger partial charge on any atom is -0.381 e. The molecular weight excluding hydrogens is 306 g/mol. The van der Waals surface area contributed by atoms with E-state index in [4.69, 9.17) is 4.74 Å². The first-order valence-electron chi connectivity index (χ1n) is 6.80. The fourth-order valence-corrected chi connectivity index (χ4v) is 2.13. The van der Waals surface area contributed by atoms with Crippen LogP contribution in [0.1, 0.15) is 35.2 Å². The van der Waals surface area contributed by atoms with Crippen molar-refractivity contribution in [1.82, 2.24) is 5.32 Å². The lowest BCUT2D eigenvalue weighted by molar-refractivity contribution is 0.0937. The van der Waals surface area contributed by atoms with Crippen LogP contribution in [0.3, 0.4) is 0 Å². The van der Waals surface area contributed by atoms with Gasteiger partial charge in [0.1, 0.15) is 0 Å². The van der Waals surface area contributed by atoms with E-state index < -0.39 is 0 Å². The highest BCUT2D eigenvalue weighted by Gasteiger charge is 2.20. The van der Waals surface area contributed by atoms with Crippen molar-refractivity contribution in [2.75, 3.05) is 19.8 Å². The molecule has 4 heteroatoms. The molecule has 1 N–H and O–H groups in total. The summed E-state index contributed by atoms with van der Waals surface area (Å²) in [4.78, 5) is 11.8. The standard InChI is InChI=1S/C15H20BrNO2/c16-10-12-4-6-14(7-5-12)15(18)17-8-1-9-19-11-13-2-3-13/h4-7,13H,1-3,8-11H2,(H,17,18). The molecule has 0 unspecified atom stereocenters. The van der Waals surface area contributed by atoms with E-state index in [0.717, 1.165) is 30.9 Å². The molecule has 19 heavy (non-hydrogen) atoms. The molecule has 0 radical (unpaired) electrons. The highest BCUT2D eigenvalue weighted by molar-refractivity contribution is 9.08. The molecule has 1 amide bonds. The number of hydrogen-bond acceptors (Lipinski definition) is 2. The summed E-state index contributed by atoms with van der Waals surface area (Å²) >= 11 is 3.39. The number of carbonyl (C=O) groups excluding carboxylic acids is 1. The van der Waals surface area contributed by atoms with Crippen molar-refractivity contribution in [2.24, 2.45) is 5.92 Å². The predicted octanol–water partition coefficient (Wildman–Crippen LogP) is 3.13. The summed E-state index contributed by atoms with van der Waals surface area (Å²) in [5.41, 5.74) is 1.88. The molecule has 1 aromatic rings. The number of alkyl halides is 1. The Bertz CT molecular complexity index is 401. The van der Waals surface area contributed by atoms with Crippen LogP contribution in [-0.4, -0.2) is 25.7 Å². The molecule has 2 rings (SSSR count). The average Bonchev–Trinajstić information content (AvgIpc) is 3.26. The number of carbonyl (C=O) groups is 1. The van der Waals surface area contributed by atoms with Crippen molar-refractivity contribution in [3.8, 4) is 0 Å². The number of benzene rings is 1. The van der Waals surface area contributed by atoms with Crippen LogP contribution in [0.2, 0.25) is 0 Å². The summed E-state index contributed by atoms with van der Waals surface area (Å²) in [6, 6.07) is 7.63. The fourth-order valence-electron chi connectivity index (χ4n) is 1.76. The van der Waals surface area contributed by atoms with E-state index >= 15 is 0 Å². The summed E-state index contributed by atoms with van der Waals surface area (Å²) in [6.07, 6.45) is 3.51. The maximum Gasteiger partial charge on any atom is 0.251 e. The lowest BCUT2D eigenvalue weighted by Crippen LogP contribution is -2.25. The molecule has 0 saturated heterocycles. The largest absolute Gasteiger partial charge is 0.381 e. The van der Waals surface area contributed by atoms with Crippen molar-refractivity contribution >= 4 is 21.8 Å². The first-order valence-corrected chi connectivity index (χ1v) is 7.92. The second-order valence-corrected chi connectivity index (χ2v) is 5.52. The Balaban J connectivity index is 1.59. The van der Waals surface area contributed by atoms with Gasteiger partial charge in [-0.05, 0) is 42.9 Å². The highest BCUT2D eigenvalue weighted by atomic mass is 79.9. The number of hydrogen-bond donors (Lipinski definition) is 1. The predicted molar refractivity (Wildman–Crippen MR) is 79.6 cm³/mol. The maximum atomic E-state index is 11.8. The van der Waals surface area contributed by atoms with Crippen LogP contribution in [0.5, 0.6) is 0 Å². The lowest BCUT2D eigenvalue weighted by Gasteiger charge is -2.06. The van der Waals surface area contributed by atoms with Crippen LogP contribution in [0, 0.1) is 5.92 Å². The van der Waals surface area contributed by atoms with E-state index in [0.29, 0.717) is 12.1 Å². The Morgan fingerprint density at radius 3 is 2.68 bits per heavy atom. The molecule has 0 heterocycles. The minimum absolute atomic E-state index is 0.0108. The zero-order valence-corrected chi connectivity index (χ0v) is 12.6. The second-order valence-electron chi connectivity index (χ2n) is 4.96. The summed E-state index contributed by atoms with van der Waals surface area (Å²) in [5, 5.41) is 3.72. The van der Waals surface area contributed by atoms with Gasteiger partial charge in [0.05, 0.1) is 0 Å². The molecule has 0 aromatic heterocycles. The molecular formula is C15H20BrNO2. The molecule has 1 saturated carbocycles. The third-order valence-electron chi connectivity index (χ3n) is 3.17. The van der Waals surface area contributed by atoms with Crippen LogP contribution in [0.15, 0.2) is 24.3 Å². The van der Waals surface area contributed by atoms with Gasteiger partial charge in [-0.15, -0.1) is 0 Å². The monoisotopic (exact) mass is 325 g/mol. The third kappa shape index (κ3) is 5.33. The molecule has 0 aliphatic heterocycles. The Morgan fingerprint density at radius 1 is 1.32 bits per heavy atom. The van der Waals surface area contributed by atoms with Crippen LogP contribution >= 0.6 is 15.9 Å². The SMILES string of the molecule is O=C(NCCCOCC1CC1)c1ccc(CBr)cc1. The average molecular weight is 326 g/mol. The quantitative estimate of drug-likeness (QED) is 0.589. The molecule has 1 aliphatic rings. The van der Waals surface area contributed by atoms with Crippen LogP contribution in [-0.2, 0) is 10.1 Å². The van der Waals surface area contributed by atoms with Crippen LogP contribution in [0.4, 0.5) is 0 Å². The van der Waals surface area contributed by atoms with Gasteiger partial charge in [-0.1, -0.05) is 28.1 Å². The van der Waals surface area contributed by atoms with Gasteiger partial charge in [-0.25, -0.2) is 0 Å². The maximum absolute atomic E-state index is 11.8. The van der Waals surface area contributed by atoms with Crippen LogP contribution in [0.25, 0.3) is 0 Å². The summed E-state index contributed by atoms with van der Waals surface area (Å²) < 4.78 is 5.52. The number of ether oxygens (including phenoxy) is 1. The van der Waals surface area contributed by atoms with Gasteiger partial charge in [-0.2, -0.15) is 0 Å². The van der Waals surface area contributed by atoms with Gasteiger partial charge in [-0.3, -0.25) is 4.79 Å². The number of halogens is 1. The number of amides is 1. The van der Waals surface area contributed by atoms with E-state index in [9.17, 15) is 4.79 Å². The topological polar surface area (TPSA) is 38.3 Å². The minimum atomic E-state index is -0.0108. The van der Waals surface area contributed by atoms with Gasteiger partial charge in [0, 0.05) is 30.7 Å². The molecule has 1 aliphatic carbocycles. The van der Waals surface area contributed by atoms with Crippen molar-refractivity contribution in [2.45, 2.75) is 24.6 Å². The molecule has 104 valence electrons. The first-order chi connectivity index (χ1) is 9.29. The Labute approximate surface area is 122 Å². The Hall–Kier alpha value is -0.870. The van der Waals surface area contributed by atoms with Gasteiger partial charge in [0.25, 0.3) is 5.91 Å². The summed E-state index contributed by atoms with van der Waals surface area (Å²) in [5.74, 6) is 0.797. The van der Waals surface area contributed by atoms with E-state index in [1.54, 1.807) is 0 Å². The smallest absolute Gasteiger partial charge is 0.251 e. The van der Waals surface area contributed by atoms with Crippen molar-refractivity contribution < 1.29 is 9.53 Å². The van der Waals surface area contributed by atoms with E-state index in [2.05, 4.69) is 21.2 Å². The van der Waals surface area contributed by atoms with Crippen molar-refractivity contribution in [3.05, 3.63) is 35.4 Å². The van der Waals surface area contributed by atoms with Gasteiger partial charge >= 0.3 is 0 Å². The zero-order chi connectivity index (χ0) is 13.5. The van der Waals surface area contributed by atoms with E-state index in [1.807, 2.05) is 24.3 Å². The molecule has 3 nitrogen and oxygen atoms in total. The first kappa shape index (κ1) is 14.5. The summed E-state index contributed by atoms with van der Waals surface area (Å²) in [6.45, 7) is 2.30. The second kappa shape index (κ2) is 7.65. The normalized spacial score (nSPS) is 14.4. The van der Waals surface area contributed by atoms with Gasteiger partial charge < -0.3 is 10.1 Å². The molecule has 0 bridgehead atoms. The zero-order valence-electron chi connectivity index (χ0n) is 11.0. The van der Waals surface area contributed by atoms with E-state index in [1.165, 1.54) is 18.4 Å². The van der Waals surface area contributed by atoms with Gasteiger partial charge in [0.2, 0.25) is 0 Å². The third-order valence-corrected chi connectivity index (χ3v) is 3.82. The van der Waals surface area contributed by atoms with Gasteiger partial charge in [0.15, 0.2) is 0 Å².